The summed E-state index contributed by atoms with van der Waals surface area (Å²) in [6.07, 6.45) is 2.50. The fraction of sp³-hybridized carbons (Fsp3) is 0.500. The zero-order chi connectivity index (χ0) is 13.4. The first-order chi connectivity index (χ1) is 9.20. The Labute approximate surface area is 123 Å². The molecule has 3 nitrogen and oxygen atoms in total. The SMILES string of the molecule is CN1CCCC1Cn1c(CCl)nc2c(Cl)cccc21. The average Bonchev–Trinajstić information content (AvgIpc) is 2.96. The van der Waals surface area contributed by atoms with Crippen LogP contribution >= 0.6 is 23.2 Å². The van der Waals surface area contributed by atoms with Crippen molar-refractivity contribution >= 4 is 34.2 Å². The van der Waals surface area contributed by atoms with Crippen LogP contribution in [0.3, 0.4) is 0 Å². The number of rotatable bonds is 3. The van der Waals surface area contributed by atoms with Crippen molar-refractivity contribution in [3.05, 3.63) is 29.0 Å². The number of nitrogens with zero attached hydrogens (tertiary/aromatic N) is 3. The quantitative estimate of drug-likeness (QED) is 0.808. The maximum atomic E-state index is 6.22. The van der Waals surface area contributed by atoms with Gasteiger partial charge in [-0.05, 0) is 38.6 Å². The molecule has 5 heteroatoms. The predicted molar refractivity (Wildman–Crippen MR) is 80.0 cm³/mol. The van der Waals surface area contributed by atoms with Crippen molar-refractivity contribution in [3.63, 3.8) is 0 Å². The normalized spacial score (nSPS) is 20.5. The lowest BCUT2D eigenvalue weighted by atomic mass is 10.2. The Kier molecular flexibility index (Phi) is 3.70. The van der Waals surface area contributed by atoms with Gasteiger partial charge >= 0.3 is 0 Å². The number of likely N-dealkylation sites (tertiary alicyclic amines) is 1. The highest BCUT2D eigenvalue weighted by Crippen LogP contribution is 2.26. The van der Waals surface area contributed by atoms with Crippen molar-refractivity contribution in [2.45, 2.75) is 31.3 Å². The third kappa shape index (κ3) is 2.35. The van der Waals surface area contributed by atoms with Crippen LogP contribution in [0.1, 0.15) is 18.7 Å². The minimum atomic E-state index is 0.418. The monoisotopic (exact) mass is 297 g/mol. The molecule has 0 saturated carbocycles. The number of likely N-dealkylation sites (N-methyl/N-ethyl adjacent to an activating group) is 1. The van der Waals surface area contributed by atoms with Gasteiger partial charge in [-0.25, -0.2) is 4.98 Å². The molecule has 0 aliphatic carbocycles. The molecule has 2 heterocycles. The zero-order valence-electron chi connectivity index (χ0n) is 10.9. The van der Waals surface area contributed by atoms with Gasteiger partial charge in [0.05, 0.1) is 16.4 Å². The molecule has 0 amide bonds. The molecule has 1 aliphatic heterocycles. The van der Waals surface area contributed by atoms with Crippen molar-refractivity contribution < 1.29 is 0 Å². The topological polar surface area (TPSA) is 21.1 Å². The molecule has 1 fully saturated rings. The van der Waals surface area contributed by atoms with E-state index in [1.54, 1.807) is 0 Å². The minimum Gasteiger partial charge on any atom is -0.325 e. The Balaban J connectivity index is 2.03. The maximum absolute atomic E-state index is 6.22. The molecule has 19 heavy (non-hydrogen) atoms. The van der Waals surface area contributed by atoms with Crippen LogP contribution in [0.5, 0.6) is 0 Å². The second-order valence-electron chi connectivity index (χ2n) is 5.16. The Hall–Kier alpha value is -0.770. The van der Waals surface area contributed by atoms with Gasteiger partial charge in [0.15, 0.2) is 0 Å². The largest absolute Gasteiger partial charge is 0.325 e. The van der Waals surface area contributed by atoms with E-state index in [2.05, 4.69) is 27.6 Å². The van der Waals surface area contributed by atoms with Gasteiger partial charge in [-0.1, -0.05) is 17.7 Å². The third-order valence-electron chi connectivity index (χ3n) is 3.99. The molecule has 1 atom stereocenters. The molecule has 0 radical (unpaired) electrons. The zero-order valence-corrected chi connectivity index (χ0v) is 12.5. The summed E-state index contributed by atoms with van der Waals surface area (Å²) in [6.45, 7) is 2.11. The molecular weight excluding hydrogens is 281 g/mol. The van der Waals surface area contributed by atoms with Gasteiger partial charge in [0, 0.05) is 12.6 Å². The number of para-hydroxylation sites is 1. The van der Waals surface area contributed by atoms with Gasteiger partial charge in [-0.3, -0.25) is 0 Å². The van der Waals surface area contributed by atoms with E-state index in [4.69, 9.17) is 23.2 Å². The van der Waals surface area contributed by atoms with Crippen LogP contribution in [0.25, 0.3) is 11.0 Å². The lowest BCUT2D eigenvalue weighted by Crippen LogP contribution is -2.29. The van der Waals surface area contributed by atoms with Crippen molar-refractivity contribution in [2.24, 2.45) is 0 Å². The number of halogens is 2. The summed E-state index contributed by atoms with van der Waals surface area (Å²) in [5.74, 6) is 1.33. The van der Waals surface area contributed by atoms with E-state index in [9.17, 15) is 0 Å². The summed E-state index contributed by atoms with van der Waals surface area (Å²) in [5.41, 5.74) is 1.95. The van der Waals surface area contributed by atoms with Crippen LogP contribution in [0.4, 0.5) is 0 Å². The minimum absolute atomic E-state index is 0.418. The summed E-state index contributed by atoms with van der Waals surface area (Å²) in [7, 11) is 2.18. The number of hydrogen-bond acceptors (Lipinski definition) is 2. The Morgan fingerprint density at radius 2 is 2.26 bits per heavy atom. The second kappa shape index (κ2) is 5.31. The first kappa shape index (κ1) is 13.2. The summed E-state index contributed by atoms with van der Waals surface area (Å²) in [6, 6.07) is 6.48. The summed E-state index contributed by atoms with van der Waals surface area (Å²) in [4.78, 5) is 6.99. The standard InChI is InChI=1S/C14H17Cl2N3/c1-18-7-3-4-10(18)9-19-12-6-2-5-11(16)14(12)17-13(19)8-15/h2,5-6,10H,3-4,7-9H2,1H3. The Bertz CT molecular complexity index is 594. The maximum Gasteiger partial charge on any atom is 0.124 e. The molecule has 1 saturated heterocycles. The molecule has 1 aromatic heterocycles. The highest BCUT2D eigenvalue weighted by Gasteiger charge is 2.23. The van der Waals surface area contributed by atoms with Crippen molar-refractivity contribution in [2.75, 3.05) is 13.6 Å². The molecule has 3 rings (SSSR count). The van der Waals surface area contributed by atoms with Crippen LogP contribution in [-0.4, -0.2) is 34.1 Å². The van der Waals surface area contributed by atoms with Crippen LogP contribution < -0.4 is 0 Å². The number of imidazole rings is 1. The van der Waals surface area contributed by atoms with Gasteiger partial charge in [0.25, 0.3) is 0 Å². The fourth-order valence-corrected chi connectivity index (χ4v) is 3.30. The molecule has 102 valence electrons. The van der Waals surface area contributed by atoms with Crippen LogP contribution in [-0.2, 0) is 12.4 Å². The molecule has 1 unspecified atom stereocenters. The average molecular weight is 298 g/mol. The second-order valence-corrected chi connectivity index (χ2v) is 5.83. The lowest BCUT2D eigenvalue weighted by Gasteiger charge is -2.21. The molecule has 0 N–H and O–H groups in total. The van der Waals surface area contributed by atoms with Crippen molar-refractivity contribution in [3.8, 4) is 0 Å². The van der Waals surface area contributed by atoms with Crippen LogP contribution in [0.2, 0.25) is 5.02 Å². The van der Waals surface area contributed by atoms with Gasteiger partial charge in [0.2, 0.25) is 0 Å². The highest BCUT2D eigenvalue weighted by molar-refractivity contribution is 6.35. The molecule has 2 aromatic rings. The Morgan fingerprint density at radius 3 is 2.95 bits per heavy atom. The number of fused-ring (bicyclic) bond motifs is 1. The smallest absolute Gasteiger partial charge is 0.124 e. The first-order valence-electron chi connectivity index (χ1n) is 6.60. The third-order valence-corrected chi connectivity index (χ3v) is 4.54. The highest BCUT2D eigenvalue weighted by atomic mass is 35.5. The summed E-state index contributed by atoms with van der Waals surface area (Å²) in [5, 5.41) is 0.697. The van der Waals surface area contributed by atoms with Gasteiger partial charge < -0.3 is 9.47 Å². The van der Waals surface area contributed by atoms with Gasteiger partial charge in [0.1, 0.15) is 11.3 Å². The molecule has 0 spiro atoms. The van der Waals surface area contributed by atoms with E-state index >= 15 is 0 Å². The molecule has 1 aliphatic rings. The fourth-order valence-electron chi connectivity index (χ4n) is 2.89. The van der Waals surface area contributed by atoms with Crippen LogP contribution in [0, 0.1) is 0 Å². The van der Waals surface area contributed by atoms with E-state index in [1.807, 2.05) is 12.1 Å². The summed E-state index contributed by atoms with van der Waals surface area (Å²) < 4.78 is 2.22. The number of aromatic nitrogens is 2. The molecular formula is C14H17Cl2N3. The summed E-state index contributed by atoms with van der Waals surface area (Å²) >= 11 is 12.3. The number of benzene rings is 1. The van der Waals surface area contributed by atoms with E-state index in [1.165, 1.54) is 19.4 Å². The Morgan fingerprint density at radius 1 is 1.42 bits per heavy atom. The van der Waals surface area contributed by atoms with E-state index in [0.717, 1.165) is 23.4 Å². The lowest BCUT2D eigenvalue weighted by molar-refractivity contribution is 0.282. The van der Waals surface area contributed by atoms with Gasteiger partial charge in [-0.15, -0.1) is 11.6 Å². The van der Waals surface area contributed by atoms with Crippen LogP contribution in [0.15, 0.2) is 18.2 Å². The van der Waals surface area contributed by atoms with Gasteiger partial charge in [-0.2, -0.15) is 0 Å². The number of hydrogen-bond donors (Lipinski definition) is 0. The number of alkyl halides is 1. The molecule has 0 bridgehead atoms. The first-order valence-corrected chi connectivity index (χ1v) is 7.52. The van der Waals surface area contributed by atoms with Crippen molar-refractivity contribution in [1.82, 2.24) is 14.5 Å². The van der Waals surface area contributed by atoms with E-state index in [-0.39, 0.29) is 0 Å². The van der Waals surface area contributed by atoms with Crippen molar-refractivity contribution in [1.29, 1.82) is 0 Å². The molecule has 1 aromatic carbocycles. The van der Waals surface area contributed by atoms with E-state index < -0.39 is 0 Å². The predicted octanol–water partition coefficient (Wildman–Crippen LogP) is 3.52. The van der Waals surface area contributed by atoms with E-state index in [0.29, 0.717) is 16.9 Å².